The Hall–Kier alpha value is -1.30. The SMILES string of the molecule is CN(C)CCNC(=O)N1CCCC1C(=O)O. The minimum absolute atomic E-state index is 0.272. The van der Waals surface area contributed by atoms with Crippen molar-refractivity contribution >= 4 is 12.0 Å². The Labute approximate surface area is 95.2 Å². The van der Waals surface area contributed by atoms with Crippen LogP contribution in [0.25, 0.3) is 0 Å². The summed E-state index contributed by atoms with van der Waals surface area (Å²) in [5.74, 6) is -0.916. The molecule has 1 atom stereocenters. The summed E-state index contributed by atoms with van der Waals surface area (Å²) in [5, 5.41) is 11.6. The van der Waals surface area contributed by atoms with E-state index in [2.05, 4.69) is 5.32 Å². The van der Waals surface area contributed by atoms with Gasteiger partial charge in [0.15, 0.2) is 0 Å². The summed E-state index contributed by atoms with van der Waals surface area (Å²) in [4.78, 5) is 25.9. The second kappa shape index (κ2) is 5.69. The fraction of sp³-hybridized carbons (Fsp3) is 0.800. The standard InChI is InChI=1S/C10H19N3O3/c1-12(2)7-5-11-10(16)13-6-3-4-8(13)9(14)15/h8H,3-7H2,1-2H3,(H,11,16)(H,14,15). The lowest BCUT2D eigenvalue weighted by atomic mass is 10.2. The van der Waals surface area contributed by atoms with Crippen LogP contribution in [0.4, 0.5) is 4.79 Å². The van der Waals surface area contributed by atoms with Gasteiger partial charge in [-0.3, -0.25) is 0 Å². The van der Waals surface area contributed by atoms with Crippen LogP contribution in [0.2, 0.25) is 0 Å². The van der Waals surface area contributed by atoms with Gasteiger partial charge in [-0.1, -0.05) is 0 Å². The molecule has 16 heavy (non-hydrogen) atoms. The van der Waals surface area contributed by atoms with E-state index in [9.17, 15) is 9.59 Å². The first kappa shape index (κ1) is 12.8. The third-order valence-electron chi connectivity index (χ3n) is 2.63. The van der Waals surface area contributed by atoms with Gasteiger partial charge in [0.05, 0.1) is 0 Å². The zero-order valence-corrected chi connectivity index (χ0v) is 9.77. The van der Waals surface area contributed by atoms with Crippen molar-refractivity contribution in [3.63, 3.8) is 0 Å². The van der Waals surface area contributed by atoms with Gasteiger partial charge < -0.3 is 20.2 Å². The van der Waals surface area contributed by atoms with Crippen LogP contribution in [0.3, 0.4) is 0 Å². The van der Waals surface area contributed by atoms with Gasteiger partial charge in [-0.05, 0) is 26.9 Å². The van der Waals surface area contributed by atoms with Crippen LogP contribution in [-0.4, -0.2) is 66.7 Å². The smallest absolute Gasteiger partial charge is 0.326 e. The van der Waals surface area contributed by atoms with Gasteiger partial charge in [0.2, 0.25) is 0 Å². The van der Waals surface area contributed by atoms with Gasteiger partial charge in [-0.15, -0.1) is 0 Å². The molecule has 0 bridgehead atoms. The molecule has 1 heterocycles. The summed E-state index contributed by atoms with van der Waals surface area (Å²) in [6.45, 7) is 1.82. The summed E-state index contributed by atoms with van der Waals surface area (Å²) in [7, 11) is 3.84. The van der Waals surface area contributed by atoms with Crippen molar-refractivity contribution < 1.29 is 14.7 Å². The van der Waals surface area contributed by atoms with Gasteiger partial charge in [0, 0.05) is 19.6 Å². The number of hydrogen-bond donors (Lipinski definition) is 2. The molecule has 0 aromatic carbocycles. The zero-order valence-electron chi connectivity index (χ0n) is 9.77. The largest absolute Gasteiger partial charge is 0.480 e. The highest BCUT2D eigenvalue weighted by Crippen LogP contribution is 2.16. The maximum atomic E-state index is 11.7. The van der Waals surface area contributed by atoms with E-state index in [-0.39, 0.29) is 6.03 Å². The molecule has 0 aromatic heterocycles. The maximum Gasteiger partial charge on any atom is 0.326 e. The number of carbonyl (C=O) groups is 2. The fourth-order valence-corrected chi connectivity index (χ4v) is 1.75. The molecule has 2 amide bonds. The van der Waals surface area contributed by atoms with E-state index >= 15 is 0 Å². The quantitative estimate of drug-likeness (QED) is 0.700. The van der Waals surface area contributed by atoms with Crippen LogP contribution < -0.4 is 5.32 Å². The van der Waals surface area contributed by atoms with Gasteiger partial charge in [-0.2, -0.15) is 0 Å². The molecule has 0 radical (unpaired) electrons. The number of nitrogens with zero attached hydrogens (tertiary/aromatic N) is 2. The van der Waals surface area contributed by atoms with Crippen LogP contribution in [0.5, 0.6) is 0 Å². The monoisotopic (exact) mass is 229 g/mol. The molecule has 0 spiro atoms. The van der Waals surface area contributed by atoms with E-state index in [1.807, 2.05) is 19.0 Å². The molecule has 6 nitrogen and oxygen atoms in total. The number of carboxylic acids is 1. The van der Waals surface area contributed by atoms with Crippen molar-refractivity contribution in [3.05, 3.63) is 0 Å². The molecular weight excluding hydrogens is 210 g/mol. The molecule has 1 unspecified atom stereocenters. The molecule has 0 aromatic rings. The Kier molecular flexibility index (Phi) is 4.54. The Morgan fingerprint density at radius 3 is 2.75 bits per heavy atom. The predicted molar refractivity (Wildman–Crippen MR) is 59.3 cm³/mol. The van der Waals surface area contributed by atoms with Crippen molar-refractivity contribution in [2.45, 2.75) is 18.9 Å². The second-order valence-electron chi connectivity index (χ2n) is 4.22. The number of carbonyl (C=O) groups excluding carboxylic acids is 1. The Morgan fingerprint density at radius 1 is 1.50 bits per heavy atom. The second-order valence-corrected chi connectivity index (χ2v) is 4.22. The third kappa shape index (κ3) is 3.37. The molecule has 0 aliphatic carbocycles. The van der Waals surface area contributed by atoms with E-state index in [1.165, 1.54) is 4.90 Å². The molecule has 1 aliphatic heterocycles. The average molecular weight is 229 g/mol. The average Bonchev–Trinajstić information content (AvgIpc) is 2.65. The summed E-state index contributed by atoms with van der Waals surface area (Å²) in [6, 6.07) is -0.925. The van der Waals surface area contributed by atoms with Gasteiger partial charge in [0.1, 0.15) is 6.04 Å². The molecule has 6 heteroatoms. The van der Waals surface area contributed by atoms with E-state index in [1.54, 1.807) is 0 Å². The van der Waals surface area contributed by atoms with Crippen molar-refractivity contribution in [1.82, 2.24) is 15.1 Å². The summed E-state index contributed by atoms with van der Waals surface area (Å²) < 4.78 is 0. The Balaban J connectivity index is 2.38. The van der Waals surface area contributed by atoms with Crippen LogP contribution >= 0.6 is 0 Å². The lowest BCUT2D eigenvalue weighted by molar-refractivity contribution is -0.141. The summed E-state index contributed by atoms with van der Waals surface area (Å²) in [6.07, 6.45) is 1.31. The minimum atomic E-state index is -0.916. The molecule has 92 valence electrons. The molecular formula is C10H19N3O3. The van der Waals surface area contributed by atoms with Crippen LogP contribution in [0.15, 0.2) is 0 Å². The highest BCUT2D eigenvalue weighted by molar-refractivity contribution is 5.83. The Bertz CT molecular complexity index is 268. The highest BCUT2D eigenvalue weighted by Gasteiger charge is 2.33. The normalized spacial score (nSPS) is 20.2. The number of likely N-dealkylation sites (N-methyl/N-ethyl adjacent to an activating group) is 1. The van der Waals surface area contributed by atoms with Gasteiger partial charge in [0.25, 0.3) is 0 Å². The number of urea groups is 1. The van der Waals surface area contributed by atoms with Gasteiger partial charge >= 0.3 is 12.0 Å². The van der Waals surface area contributed by atoms with E-state index < -0.39 is 12.0 Å². The van der Waals surface area contributed by atoms with Crippen LogP contribution in [0.1, 0.15) is 12.8 Å². The van der Waals surface area contributed by atoms with Crippen LogP contribution in [-0.2, 0) is 4.79 Å². The third-order valence-corrected chi connectivity index (χ3v) is 2.63. The maximum absolute atomic E-state index is 11.7. The number of amides is 2. The topological polar surface area (TPSA) is 72.9 Å². The fourth-order valence-electron chi connectivity index (χ4n) is 1.75. The van der Waals surface area contributed by atoms with E-state index in [0.717, 1.165) is 13.0 Å². The molecule has 1 aliphatic rings. The van der Waals surface area contributed by atoms with Gasteiger partial charge in [-0.25, -0.2) is 9.59 Å². The number of carboxylic acid groups (broad SMARTS) is 1. The van der Waals surface area contributed by atoms with Crippen molar-refractivity contribution in [3.8, 4) is 0 Å². The number of likely N-dealkylation sites (tertiary alicyclic amines) is 1. The molecule has 1 rings (SSSR count). The number of hydrogen-bond acceptors (Lipinski definition) is 3. The van der Waals surface area contributed by atoms with Crippen molar-refractivity contribution in [2.75, 3.05) is 33.7 Å². The number of aliphatic carboxylic acids is 1. The van der Waals surface area contributed by atoms with Crippen molar-refractivity contribution in [2.24, 2.45) is 0 Å². The lowest BCUT2D eigenvalue weighted by Gasteiger charge is -2.22. The first-order valence-electron chi connectivity index (χ1n) is 5.44. The van der Waals surface area contributed by atoms with Crippen LogP contribution in [0, 0.1) is 0 Å². The van der Waals surface area contributed by atoms with E-state index in [4.69, 9.17) is 5.11 Å². The zero-order chi connectivity index (χ0) is 12.1. The lowest BCUT2D eigenvalue weighted by Crippen LogP contribution is -2.47. The Morgan fingerprint density at radius 2 is 2.19 bits per heavy atom. The first-order valence-corrected chi connectivity index (χ1v) is 5.44. The number of nitrogens with one attached hydrogen (secondary N) is 1. The first-order chi connectivity index (χ1) is 7.52. The summed E-state index contributed by atoms with van der Waals surface area (Å²) >= 11 is 0. The number of rotatable bonds is 4. The molecule has 0 saturated carbocycles. The minimum Gasteiger partial charge on any atom is -0.480 e. The summed E-state index contributed by atoms with van der Waals surface area (Å²) in [5.41, 5.74) is 0. The predicted octanol–water partition coefficient (Wildman–Crippen LogP) is -0.193. The molecule has 1 saturated heterocycles. The van der Waals surface area contributed by atoms with E-state index in [0.29, 0.717) is 19.5 Å². The van der Waals surface area contributed by atoms with Crippen molar-refractivity contribution in [1.29, 1.82) is 0 Å². The molecule has 1 fully saturated rings. The molecule has 2 N–H and O–H groups in total. The highest BCUT2D eigenvalue weighted by atomic mass is 16.4.